The SMILES string of the molecule is Cc1ccc(S(=O)(=O)N2C(c3cccc(C)c3)=NCC2C(F)(F)F)cc1. The zero-order valence-electron chi connectivity index (χ0n) is 14.2. The summed E-state index contributed by atoms with van der Waals surface area (Å²) in [6, 6.07) is 10.1. The van der Waals surface area contributed by atoms with Crippen LogP contribution in [0.5, 0.6) is 0 Å². The zero-order valence-corrected chi connectivity index (χ0v) is 15.0. The first-order chi connectivity index (χ1) is 12.1. The Morgan fingerprint density at radius 1 is 1.04 bits per heavy atom. The summed E-state index contributed by atoms with van der Waals surface area (Å²) >= 11 is 0. The van der Waals surface area contributed by atoms with Crippen molar-refractivity contribution in [2.24, 2.45) is 4.99 Å². The van der Waals surface area contributed by atoms with Gasteiger partial charge in [0, 0.05) is 5.56 Å². The topological polar surface area (TPSA) is 49.7 Å². The summed E-state index contributed by atoms with van der Waals surface area (Å²) in [7, 11) is -4.42. The van der Waals surface area contributed by atoms with E-state index in [0.717, 1.165) is 11.1 Å². The van der Waals surface area contributed by atoms with Gasteiger partial charge >= 0.3 is 6.18 Å². The Kier molecular flexibility index (Phi) is 4.56. The predicted molar refractivity (Wildman–Crippen MR) is 92.6 cm³/mol. The molecule has 0 saturated carbocycles. The van der Waals surface area contributed by atoms with Crippen molar-refractivity contribution in [1.82, 2.24) is 4.31 Å². The number of halogens is 3. The van der Waals surface area contributed by atoms with Gasteiger partial charge in [-0.25, -0.2) is 12.7 Å². The molecule has 138 valence electrons. The largest absolute Gasteiger partial charge is 0.411 e. The quantitative estimate of drug-likeness (QED) is 0.813. The first kappa shape index (κ1) is 18.4. The van der Waals surface area contributed by atoms with Crippen molar-refractivity contribution in [3.8, 4) is 0 Å². The number of hydrogen-bond donors (Lipinski definition) is 0. The van der Waals surface area contributed by atoms with Gasteiger partial charge in [-0.2, -0.15) is 13.2 Å². The minimum Gasteiger partial charge on any atom is -0.265 e. The zero-order chi connectivity index (χ0) is 19.1. The highest BCUT2D eigenvalue weighted by molar-refractivity contribution is 7.89. The number of sulfonamides is 1. The lowest BCUT2D eigenvalue weighted by molar-refractivity contribution is -0.159. The molecule has 0 aliphatic carbocycles. The lowest BCUT2D eigenvalue weighted by Crippen LogP contribution is -2.49. The number of alkyl halides is 3. The molecule has 1 unspecified atom stereocenters. The molecule has 4 nitrogen and oxygen atoms in total. The van der Waals surface area contributed by atoms with Gasteiger partial charge in [-0.3, -0.25) is 4.99 Å². The van der Waals surface area contributed by atoms with Crippen molar-refractivity contribution in [3.63, 3.8) is 0 Å². The van der Waals surface area contributed by atoms with E-state index >= 15 is 0 Å². The summed E-state index contributed by atoms with van der Waals surface area (Å²) in [6.45, 7) is 2.89. The number of amidine groups is 1. The average Bonchev–Trinajstić information content (AvgIpc) is 3.01. The fraction of sp³-hybridized carbons (Fsp3) is 0.278. The number of nitrogens with zero attached hydrogens (tertiary/aromatic N) is 2. The Hall–Kier alpha value is -2.35. The monoisotopic (exact) mass is 382 g/mol. The molecule has 1 atom stereocenters. The van der Waals surface area contributed by atoms with Crippen LogP contribution in [0.3, 0.4) is 0 Å². The molecule has 0 amide bonds. The molecular formula is C18H17F3N2O2S. The van der Waals surface area contributed by atoms with Gasteiger partial charge in [-0.05, 0) is 32.0 Å². The third-order valence-electron chi connectivity index (χ3n) is 4.14. The third kappa shape index (κ3) is 3.33. The van der Waals surface area contributed by atoms with Gasteiger partial charge in [0.2, 0.25) is 0 Å². The molecule has 2 aromatic rings. The van der Waals surface area contributed by atoms with Crippen molar-refractivity contribution in [1.29, 1.82) is 0 Å². The third-order valence-corrected chi connectivity index (χ3v) is 5.95. The Morgan fingerprint density at radius 3 is 2.27 bits per heavy atom. The molecule has 1 heterocycles. The lowest BCUT2D eigenvalue weighted by atomic mass is 10.1. The molecule has 0 spiro atoms. The van der Waals surface area contributed by atoms with Crippen molar-refractivity contribution in [2.45, 2.75) is 31.0 Å². The number of aliphatic imine (C=N–C) groups is 1. The number of benzene rings is 2. The Balaban J connectivity index is 2.13. The molecule has 26 heavy (non-hydrogen) atoms. The fourth-order valence-electron chi connectivity index (χ4n) is 2.81. The lowest BCUT2D eigenvalue weighted by Gasteiger charge is -2.29. The van der Waals surface area contributed by atoms with Crippen LogP contribution in [0.4, 0.5) is 13.2 Å². The van der Waals surface area contributed by atoms with E-state index in [1.165, 1.54) is 12.1 Å². The first-order valence-electron chi connectivity index (χ1n) is 7.90. The van der Waals surface area contributed by atoms with Crippen LogP contribution >= 0.6 is 0 Å². The first-order valence-corrected chi connectivity index (χ1v) is 9.34. The Morgan fingerprint density at radius 2 is 1.69 bits per heavy atom. The van der Waals surface area contributed by atoms with Crippen LogP contribution in [0.15, 0.2) is 58.4 Å². The van der Waals surface area contributed by atoms with Crippen LogP contribution in [0.25, 0.3) is 0 Å². The van der Waals surface area contributed by atoms with Crippen LogP contribution in [0.1, 0.15) is 16.7 Å². The normalized spacial score (nSPS) is 18.1. The summed E-state index contributed by atoms with van der Waals surface area (Å²) < 4.78 is 67.0. The van der Waals surface area contributed by atoms with E-state index in [2.05, 4.69) is 4.99 Å². The van der Waals surface area contributed by atoms with E-state index in [1.807, 2.05) is 0 Å². The second kappa shape index (κ2) is 6.42. The van der Waals surface area contributed by atoms with Crippen LogP contribution in [-0.2, 0) is 10.0 Å². The Bertz CT molecular complexity index is 951. The van der Waals surface area contributed by atoms with Crippen LogP contribution < -0.4 is 0 Å². The smallest absolute Gasteiger partial charge is 0.265 e. The summed E-state index contributed by atoms with van der Waals surface area (Å²) in [5.74, 6) is -0.184. The van der Waals surface area contributed by atoms with Gasteiger partial charge < -0.3 is 0 Å². The maximum absolute atomic E-state index is 13.5. The van der Waals surface area contributed by atoms with Crippen molar-refractivity contribution in [3.05, 3.63) is 65.2 Å². The maximum Gasteiger partial charge on any atom is 0.411 e. The van der Waals surface area contributed by atoms with E-state index < -0.39 is 28.8 Å². The molecule has 1 aliphatic rings. The van der Waals surface area contributed by atoms with E-state index in [0.29, 0.717) is 9.87 Å². The molecular weight excluding hydrogens is 365 g/mol. The molecule has 8 heteroatoms. The molecule has 3 rings (SSSR count). The standard InChI is InChI=1S/C18H17F3N2O2S/c1-12-6-8-15(9-7-12)26(24,25)23-16(18(19,20)21)11-22-17(23)14-5-3-4-13(2)10-14/h3-10,16H,11H2,1-2H3. The number of aryl methyl sites for hydroxylation is 2. The average molecular weight is 382 g/mol. The summed E-state index contributed by atoms with van der Waals surface area (Å²) in [4.78, 5) is 3.73. The molecule has 1 aliphatic heterocycles. The predicted octanol–water partition coefficient (Wildman–Crippen LogP) is 3.69. The molecule has 0 aromatic heterocycles. The molecule has 2 aromatic carbocycles. The van der Waals surface area contributed by atoms with Gasteiger partial charge in [0.15, 0.2) is 6.04 Å². The Labute approximate surface area is 150 Å². The summed E-state index contributed by atoms with van der Waals surface area (Å²) in [6.07, 6.45) is -4.73. The highest BCUT2D eigenvalue weighted by Gasteiger charge is 2.52. The number of rotatable bonds is 3. The fourth-order valence-corrected chi connectivity index (χ4v) is 4.43. The van der Waals surface area contributed by atoms with Crippen LogP contribution in [-0.4, -0.2) is 37.3 Å². The molecule has 0 fully saturated rings. The minimum atomic E-state index is -4.73. The van der Waals surface area contributed by atoms with E-state index in [9.17, 15) is 21.6 Å². The van der Waals surface area contributed by atoms with Gasteiger partial charge in [0.25, 0.3) is 10.0 Å². The molecule has 0 N–H and O–H groups in total. The van der Waals surface area contributed by atoms with Crippen molar-refractivity contribution < 1.29 is 21.6 Å². The van der Waals surface area contributed by atoms with Gasteiger partial charge in [-0.1, -0.05) is 41.5 Å². The highest BCUT2D eigenvalue weighted by atomic mass is 32.2. The van der Waals surface area contributed by atoms with Crippen molar-refractivity contribution >= 4 is 15.9 Å². The van der Waals surface area contributed by atoms with Gasteiger partial charge in [-0.15, -0.1) is 0 Å². The van der Waals surface area contributed by atoms with Crippen LogP contribution in [0.2, 0.25) is 0 Å². The van der Waals surface area contributed by atoms with Gasteiger partial charge in [0.05, 0.1) is 11.4 Å². The molecule has 0 saturated heterocycles. The molecule has 0 bridgehead atoms. The van der Waals surface area contributed by atoms with E-state index in [1.54, 1.807) is 50.2 Å². The minimum absolute atomic E-state index is 0.184. The number of hydrogen-bond acceptors (Lipinski definition) is 3. The van der Waals surface area contributed by atoms with E-state index in [-0.39, 0.29) is 10.7 Å². The second-order valence-electron chi connectivity index (χ2n) is 6.21. The molecule has 0 radical (unpaired) electrons. The van der Waals surface area contributed by atoms with Gasteiger partial charge in [0.1, 0.15) is 5.84 Å². The summed E-state index contributed by atoms with van der Waals surface area (Å²) in [5.41, 5.74) is 1.95. The van der Waals surface area contributed by atoms with Crippen LogP contribution in [0, 0.1) is 13.8 Å². The summed E-state index contributed by atoms with van der Waals surface area (Å²) in [5, 5.41) is 0. The maximum atomic E-state index is 13.5. The second-order valence-corrected chi connectivity index (χ2v) is 8.02. The van der Waals surface area contributed by atoms with Crippen molar-refractivity contribution in [2.75, 3.05) is 6.54 Å². The highest BCUT2D eigenvalue weighted by Crippen LogP contribution is 2.34. The van der Waals surface area contributed by atoms with E-state index in [4.69, 9.17) is 0 Å².